The van der Waals surface area contributed by atoms with Crippen LogP contribution in [0.25, 0.3) is 0 Å². The van der Waals surface area contributed by atoms with Crippen molar-refractivity contribution in [2.24, 2.45) is 28.6 Å². The number of aliphatic hydroxyl groups excluding tert-OH is 1. The van der Waals surface area contributed by atoms with Crippen LogP contribution >= 0.6 is 0 Å². The second-order valence-electron chi connectivity index (χ2n) is 10.1. The Bertz CT molecular complexity index is 696. The number of allylic oxidation sites excluding steroid dienone is 1. The van der Waals surface area contributed by atoms with Crippen LogP contribution in [0.5, 0.6) is 0 Å². The number of hydrogen-bond donors (Lipinski definition) is 1. The summed E-state index contributed by atoms with van der Waals surface area (Å²) >= 11 is 0. The van der Waals surface area contributed by atoms with Gasteiger partial charge in [0.25, 0.3) is 0 Å². The molecule has 27 heavy (non-hydrogen) atoms. The maximum atomic E-state index is 12.7. The molecule has 0 spiro atoms. The largest absolute Gasteiger partial charge is 0.451 e. The molecule has 4 heteroatoms. The Morgan fingerprint density at radius 2 is 1.78 bits per heavy atom. The molecule has 0 bridgehead atoms. The van der Waals surface area contributed by atoms with Crippen LogP contribution in [0.15, 0.2) is 11.6 Å². The van der Waals surface area contributed by atoms with Gasteiger partial charge in [0, 0.05) is 12.3 Å². The summed E-state index contributed by atoms with van der Waals surface area (Å²) in [7, 11) is 0. The molecule has 0 aromatic carbocycles. The van der Waals surface area contributed by atoms with E-state index in [2.05, 4.69) is 19.9 Å². The van der Waals surface area contributed by atoms with Gasteiger partial charge in [-0.1, -0.05) is 25.5 Å². The fourth-order valence-electron chi connectivity index (χ4n) is 7.70. The first-order chi connectivity index (χ1) is 12.6. The van der Waals surface area contributed by atoms with Crippen molar-refractivity contribution in [3.63, 3.8) is 0 Å². The van der Waals surface area contributed by atoms with Gasteiger partial charge < -0.3 is 9.84 Å². The number of Topliss-reactive ketones (excluding diaryl/α,β-unsaturated/α-hetero) is 1. The molecule has 0 saturated heterocycles. The number of fused-ring (bicyclic) bond motifs is 5. The van der Waals surface area contributed by atoms with Gasteiger partial charge in [0.1, 0.15) is 0 Å². The van der Waals surface area contributed by atoms with E-state index >= 15 is 0 Å². The van der Waals surface area contributed by atoms with E-state index in [4.69, 9.17) is 4.74 Å². The van der Waals surface area contributed by atoms with Crippen LogP contribution < -0.4 is 0 Å². The van der Waals surface area contributed by atoms with E-state index in [0.29, 0.717) is 24.2 Å². The van der Waals surface area contributed by atoms with Gasteiger partial charge in [-0.3, -0.25) is 9.59 Å². The molecule has 3 fully saturated rings. The molecule has 4 aliphatic rings. The molecule has 1 N–H and O–H groups in total. The first-order valence-electron chi connectivity index (χ1n) is 10.7. The third-order valence-electron chi connectivity index (χ3n) is 9.08. The average Bonchev–Trinajstić information content (AvgIpc) is 2.89. The summed E-state index contributed by atoms with van der Waals surface area (Å²) in [5, 5.41) is 10.1. The lowest BCUT2D eigenvalue weighted by Crippen LogP contribution is -2.58. The predicted molar refractivity (Wildman–Crippen MR) is 103 cm³/mol. The molecule has 0 radical (unpaired) electrons. The average molecular weight is 375 g/mol. The van der Waals surface area contributed by atoms with Crippen molar-refractivity contribution in [3.05, 3.63) is 11.6 Å². The Labute approximate surface area is 162 Å². The van der Waals surface area contributed by atoms with Crippen molar-refractivity contribution in [3.8, 4) is 0 Å². The Balaban J connectivity index is 1.70. The molecule has 7 atom stereocenters. The fraction of sp³-hybridized carbons (Fsp3) is 0.826. The van der Waals surface area contributed by atoms with Gasteiger partial charge in [-0.05, 0) is 81.5 Å². The maximum absolute atomic E-state index is 12.7. The minimum Gasteiger partial charge on any atom is -0.451 e. The molecular weight excluding hydrogens is 340 g/mol. The van der Waals surface area contributed by atoms with Crippen LogP contribution in [-0.2, 0) is 14.3 Å². The molecule has 4 nitrogen and oxygen atoms in total. The van der Waals surface area contributed by atoms with E-state index in [1.165, 1.54) is 12.5 Å². The standard InChI is InChI=1S/C23H34O4/c1-14(24)23(27-15(2)25)12-9-20-18-6-5-16-13-17(26)7-10-21(16,3)19(18)8-11-22(20,23)4/h5,17-20,26H,6-13H2,1-4H3/t17-,18-,19-,20-,21+,22-,23+/m1/s1. The van der Waals surface area contributed by atoms with Crippen LogP contribution in [0.1, 0.15) is 79.1 Å². The van der Waals surface area contributed by atoms with Crippen molar-refractivity contribution in [1.82, 2.24) is 0 Å². The van der Waals surface area contributed by atoms with Gasteiger partial charge in [0.05, 0.1) is 6.10 Å². The summed E-state index contributed by atoms with van der Waals surface area (Å²) in [6.07, 6.45) is 9.68. The Morgan fingerprint density at radius 3 is 2.44 bits per heavy atom. The molecule has 0 amide bonds. The molecule has 0 unspecified atom stereocenters. The zero-order valence-electron chi connectivity index (χ0n) is 17.2. The number of ketones is 1. The lowest BCUT2D eigenvalue weighted by Gasteiger charge is -2.59. The zero-order chi connectivity index (χ0) is 19.6. The summed E-state index contributed by atoms with van der Waals surface area (Å²) in [4.78, 5) is 24.6. The molecule has 4 aliphatic carbocycles. The van der Waals surface area contributed by atoms with Gasteiger partial charge in [0.15, 0.2) is 11.4 Å². The van der Waals surface area contributed by atoms with Gasteiger partial charge >= 0.3 is 5.97 Å². The Kier molecular flexibility index (Phi) is 4.38. The van der Waals surface area contributed by atoms with Crippen LogP contribution in [0.3, 0.4) is 0 Å². The second-order valence-corrected chi connectivity index (χ2v) is 10.1. The van der Waals surface area contributed by atoms with Gasteiger partial charge in [0.2, 0.25) is 0 Å². The molecule has 150 valence electrons. The molecule has 0 aromatic rings. The Hall–Kier alpha value is -1.16. The number of rotatable bonds is 2. The molecule has 4 rings (SSSR count). The lowest BCUT2D eigenvalue weighted by atomic mass is 9.46. The molecule has 0 aromatic heterocycles. The minimum atomic E-state index is -0.942. The van der Waals surface area contributed by atoms with E-state index in [-0.39, 0.29) is 28.7 Å². The van der Waals surface area contributed by atoms with E-state index in [1.54, 1.807) is 6.92 Å². The Morgan fingerprint density at radius 1 is 1.07 bits per heavy atom. The van der Waals surface area contributed by atoms with E-state index in [1.807, 2.05) is 0 Å². The molecule has 0 aliphatic heterocycles. The highest BCUT2D eigenvalue weighted by Crippen LogP contribution is 2.68. The smallest absolute Gasteiger partial charge is 0.303 e. The number of carbonyl (C=O) groups is 2. The van der Waals surface area contributed by atoms with Gasteiger partial charge in [-0.15, -0.1) is 0 Å². The summed E-state index contributed by atoms with van der Waals surface area (Å²) in [5.41, 5.74) is 0.442. The highest BCUT2D eigenvalue weighted by Gasteiger charge is 2.67. The van der Waals surface area contributed by atoms with Crippen LogP contribution in [0.2, 0.25) is 0 Å². The van der Waals surface area contributed by atoms with Crippen LogP contribution in [-0.4, -0.2) is 28.6 Å². The summed E-state index contributed by atoms with van der Waals surface area (Å²) < 4.78 is 5.82. The van der Waals surface area contributed by atoms with Crippen molar-refractivity contribution in [2.45, 2.75) is 90.8 Å². The predicted octanol–water partition coefficient (Wildman–Crippen LogP) is 4.20. The zero-order valence-corrected chi connectivity index (χ0v) is 17.2. The van der Waals surface area contributed by atoms with E-state index in [0.717, 1.165) is 44.9 Å². The number of esters is 1. The van der Waals surface area contributed by atoms with Crippen LogP contribution in [0.4, 0.5) is 0 Å². The first-order valence-corrected chi connectivity index (χ1v) is 10.7. The van der Waals surface area contributed by atoms with Crippen molar-refractivity contribution in [2.75, 3.05) is 0 Å². The second kappa shape index (κ2) is 6.17. The highest BCUT2D eigenvalue weighted by atomic mass is 16.6. The third kappa shape index (κ3) is 2.51. The van der Waals surface area contributed by atoms with Crippen molar-refractivity contribution >= 4 is 11.8 Å². The van der Waals surface area contributed by atoms with Crippen molar-refractivity contribution in [1.29, 1.82) is 0 Å². The maximum Gasteiger partial charge on any atom is 0.303 e. The highest BCUT2D eigenvalue weighted by molar-refractivity contribution is 5.89. The molecular formula is C23H34O4. The molecule has 0 heterocycles. The first kappa shape index (κ1) is 19.2. The number of carbonyl (C=O) groups excluding carboxylic acids is 2. The fourth-order valence-corrected chi connectivity index (χ4v) is 7.70. The number of hydrogen-bond acceptors (Lipinski definition) is 4. The van der Waals surface area contributed by atoms with Crippen molar-refractivity contribution < 1.29 is 19.4 Å². The monoisotopic (exact) mass is 374 g/mol. The lowest BCUT2D eigenvalue weighted by molar-refractivity contribution is -0.186. The van der Waals surface area contributed by atoms with E-state index < -0.39 is 5.60 Å². The SMILES string of the molecule is CC(=O)O[C@]1(C(C)=O)CC[C@@H]2[C@@H]3CC=C4C[C@H](O)CC[C@]4(C)[C@@H]3CC[C@]21C. The van der Waals surface area contributed by atoms with E-state index in [9.17, 15) is 14.7 Å². The molecule has 3 saturated carbocycles. The quantitative estimate of drug-likeness (QED) is 0.581. The summed E-state index contributed by atoms with van der Waals surface area (Å²) in [6.45, 7) is 7.64. The van der Waals surface area contributed by atoms with Crippen LogP contribution in [0, 0.1) is 28.6 Å². The third-order valence-corrected chi connectivity index (χ3v) is 9.08. The minimum absolute atomic E-state index is 0.0141. The van der Waals surface area contributed by atoms with Gasteiger partial charge in [-0.25, -0.2) is 0 Å². The summed E-state index contributed by atoms with van der Waals surface area (Å²) in [5.74, 6) is 1.25. The normalized spacial score (nSPS) is 48.7. The van der Waals surface area contributed by atoms with Gasteiger partial charge in [-0.2, -0.15) is 0 Å². The number of aliphatic hydroxyl groups is 1. The number of ether oxygens (including phenoxy) is 1. The summed E-state index contributed by atoms with van der Waals surface area (Å²) in [6, 6.07) is 0. The topological polar surface area (TPSA) is 63.6 Å².